The van der Waals surface area contributed by atoms with Crippen LogP contribution in [0.1, 0.15) is 11.1 Å². The highest BCUT2D eigenvalue weighted by atomic mass is 35.5. The molecular weight excluding hydrogens is 414 g/mol. The van der Waals surface area contributed by atoms with Gasteiger partial charge in [-0.1, -0.05) is 29.4 Å². The van der Waals surface area contributed by atoms with Crippen LogP contribution >= 0.6 is 23.4 Å². The van der Waals surface area contributed by atoms with Gasteiger partial charge in [-0.2, -0.15) is 0 Å². The molecule has 0 aromatic heterocycles. The maximum absolute atomic E-state index is 12.3. The molecule has 1 fully saturated rings. The van der Waals surface area contributed by atoms with Crippen LogP contribution in [0.3, 0.4) is 0 Å². The van der Waals surface area contributed by atoms with Gasteiger partial charge in [0.15, 0.2) is 23.6 Å². The molecule has 3 rings (SSSR count). The molecule has 1 saturated heterocycles. The summed E-state index contributed by atoms with van der Waals surface area (Å²) in [5.74, 6) is 0.0871. The van der Waals surface area contributed by atoms with Gasteiger partial charge in [0.25, 0.3) is 11.8 Å². The molecule has 1 aliphatic rings. The van der Waals surface area contributed by atoms with Gasteiger partial charge in [-0.3, -0.25) is 9.59 Å². The van der Waals surface area contributed by atoms with Crippen LogP contribution in [0.5, 0.6) is 11.5 Å². The number of halogens is 1. The molecule has 4 N–H and O–H groups in total. The molecule has 0 bridgehead atoms. The van der Waals surface area contributed by atoms with Crippen molar-refractivity contribution in [2.75, 3.05) is 19.0 Å². The Morgan fingerprint density at radius 2 is 2.10 bits per heavy atom. The van der Waals surface area contributed by atoms with E-state index in [9.17, 15) is 9.59 Å². The monoisotopic (exact) mass is 433 g/mol. The number of aryl methyl sites for hydroxylation is 1. The molecule has 152 valence electrons. The molecule has 1 unspecified atom stereocenters. The Labute approximate surface area is 177 Å². The van der Waals surface area contributed by atoms with Gasteiger partial charge in [0, 0.05) is 10.7 Å². The number of anilines is 1. The lowest BCUT2D eigenvalue weighted by atomic mass is 10.2. The van der Waals surface area contributed by atoms with E-state index < -0.39 is 5.91 Å². The normalized spacial score (nSPS) is 17.1. The minimum Gasteiger partial charge on any atom is -0.493 e. The van der Waals surface area contributed by atoms with Gasteiger partial charge in [-0.05, 0) is 54.5 Å². The smallest absolute Gasteiger partial charge is 0.260 e. The fourth-order valence-corrected chi connectivity index (χ4v) is 3.89. The molecule has 0 saturated carbocycles. The number of carbonyl (C=O) groups excluding carboxylic acids is 2. The van der Waals surface area contributed by atoms with Gasteiger partial charge in [-0.25, -0.2) is 0 Å². The lowest BCUT2D eigenvalue weighted by Crippen LogP contribution is -2.31. The first kappa shape index (κ1) is 20.9. The fourth-order valence-electron chi connectivity index (χ4n) is 2.69. The number of methoxy groups -OCH3 is 1. The van der Waals surface area contributed by atoms with Crippen LogP contribution < -0.4 is 25.8 Å². The Balaban J connectivity index is 1.73. The highest BCUT2D eigenvalue weighted by Crippen LogP contribution is 2.34. The van der Waals surface area contributed by atoms with E-state index in [1.807, 2.05) is 19.1 Å². The van der Waals surface area contributed by atoms with Crippen molar-refractivity contribution in [3.8, 4) is 11.5 Å². The highest BCUT2D eigenvalue weighted by Gasteiger charge is 2.27. The first-order valence-electron chi connectivity index (χ1n) is 8.67. The van der Waals surface area contributed by atoms with E-state index in [4.69, 9.17) is 26.8 Å². The van der Waals surface area contributed by atoms with E-state index in [2.05, 4.69) is 10.6 Å². The summed E-state index contributed by atoms with van der Waals surface area (Å²) in [4.78, 5) is 23.8. The van der Waals surface area contributed by atoms with E-state index in [0.717, 1.165) is 16.8 Å². The van der Waals surface area contributed by atoms with Crippen LogP contribution in [-0.2, 0) is 9.59 Å². The summed E-state index contributed by atoms with van der Waals surface area (Å²) >= 11 is 7.36. The van der Waals surface area contributed by atoms with Crippen molar-refractivity contribution in [1.82, 2.24) is 5.32 Å². The second-order valence-electron chi connectivity index (χ2n) is 6.25. The van der Waals surface area contributed by atoms with E-state index in [1.54, 1.807) is 30.3 Å². The molecule has 2 amide bonds. The Kier molecular flexibility index (Phi) is 6.56. The first-order valence-corrected chi connectivity index (χ1v) is 9.92. The number of rotatable bonds is 7. The molecule has 0 spiro atoms. The standard InChI is InChI=1S/C20H20ClN3O4S/c1-11-7-13(21)4-5-14(11)23-20-24-19(26)17(29-20)9-12-3-6-15(16(8-12)27-2)28-10-18(22)25/h3-9,20,23H,10H2,1-2H3,(H2,22,25)(H,24,26)/b17-9-. The van der Waals surface area contributed by atoms with Crippen LogP contribution in [0.15, 0.2) is 41.3 Å². The van der Waals surface area contributed by atoms with Gasteiger partial charge in [0.05, 0.1) is 12.0 Å². The average molecular weight is 434 g/mol. The topological polar surface area (TPSA) is 103 Å². The number of nitrogens with two attached hydrogens (primary N) is 1. The molecule has 1 aliphatic heterocycles. The van der Waals surface area contributed by atoms with Gasteiger partial charge >= 0.3 is 0 Å². The van der Waals surface area contributed by atoms with Crippen LogP contribution in [0.4, 0.5) is 5.69 Å². The minimum absolute atomic E-state index is 0.174. The zero-order chi connectivity index (χ0) is 21.0. The Hall–Kier alpha value is -2.84. The molecule has 2 aromatic rings. The molecule has 1 atom stereocenters. The second-order valence-corrected chi connectivity index (χ2v) is 7.83. The Morgan fingerprint density at radius 3 is 2.79 bits per heavy atom. The number of benzene rings is 2. The van der Waals surface area contributed by atoms with Crippen LogP contribution in [-0.4, -0.2) is 31.0 Å². The number of nitrogens with one attached hydrogen (secondary N) is 2. The number of amides is 2. The molecule has 29 heavy (non-hydrogen) atoms. The van der Waals surface area contributed by atoms with Crippen LogP contribution in [0.25, 0.3) is 6.08 Å². The minimum atomic E-state index is -0.577. The van der Waals surface area contributed by atoms with Gasteiger partial charge in [-0.15, -0.1) is 0 Å². The number of hydrogen-bond donors (Lipinski definition) is 3. The number of ether oxygens (including phenoxy) is 2. The molecule has 7 nitrogen and oxygen atoms in total. The van der Waals surface area contributed by atoms with E-state index in [0.29, 0.717) is 21.4 Å². The highest BCUT2D eigenvalue weighted by molar-refractivity contribution is 8.05. The molecule has 9 heteroatoms. The SMILES string of the molecule is COc1cc(/C=C2\SC(Nc3ccc(Cl)cc3C)NC2=O)ccc1OCC(N)=O. The van der Waals surface area contributed by atoms with Crippen molar-refractivity contribution in [1.29, 1.82) is 0 Å². The molecular formula is C20H20ClN3O4S. The zero-order valence-corrected chi connectivity index (χ0v) is 17.4. The quantitative estimate of drug-likeness (QED) is 0.580. The van der Waals surface area contributed by atoms with E-state index in [1.165, 1.54) is 18.9 Å². The zero-order valence-electron chi connectivity index (χ0n) is 15.8. The summed E-state index contributed by atoms with van der Waals surface area (Å²) in [6, 6.07) is 10.7. The summed E-state index contributed by atoms with van der Waals surface area (Å²) < 4.78 is 10.6. The average Bonchev–Trinajstić information content (AvgIpc) is 3.01. The molecule has 0 aliphatic carbocycles. The third-order valence-electron chi connectivity index (χ3n) is 4.06. The Morgan fingerprint density at radius 1 is 1.31 bits per heavy atom. The summed E-state index contributed by atoms with van der Waals surface area (Å²) in [5.41, 5.74) is 7.44. The number of thioether (sulfide) groups is 1. The van der Waals surface area contributed by atoms with Gasteiger partial charge < -0.3 is 25.8 Å². The third kappa shape index (κ3) is 5.36. The van der Waals surface area contributed by atoms with Gasteiger partial charge in [0.1, 0.15) is 0 Å². The Bertz CT molecular complexity index is 980. The van der Waals surface area contributed by atoms with Crippen molar-refractivity contribution in [3.63, 3.8) is 0 Å². The second kappa shape index (κ2) is 9.11. The van der Waals surface area contributed by atoms with Gasteiger partial charge in [0.2, 0.25) is 0 Å². The maximum Gasteiger partial charge on any atom is 0.260 e. The summed E-state index contributed by atoms with van der Waals surface area (Å²) in [5, 5.41) is 6.84. The lowest BCUT2D eigenvalue weighted by Gasteiger charge is -2.15. The number of primary amides is 1. The number of carbonyl (C=O) groups is 2. The fraction of sp³-hybridized carbons (Fsp3) is 0.200. The molecule has 1 heterocycles. The van der Waals surface area contributed by atoms with Crippen molar-refractivity contribution in [2.45, 2.75) is 12.4 Å². The summed E-state index contributed by atoms with van der Waals surface area (Å²) in [6.07, 6.45) is 1.76. The van der Waals surface area contributed by atoms with Crippen molar-refractivity contribution >= 4 is 46.9 Å². The first-order chi connectivity index (χ1) is 13.9. The number of hydrogen-bond acceptors (Lipinski definition) is 6. The predicted molar refractivity (Wildman–Crippen MR) is 115 cm³/mol. The summed E-state index contributed by atoms with van der Waals surface area (Å²) in [7, 11) is 1.49. The van der Waals surface area contributed by atoms with Crippen LogP contribution in [0.2, 0.25) is 5.02 Å². The maximum atomic E-state index is 12.3. The van der Waals surface area contributed by atoms with Crippen molar-refractivity contribution < 1.29 is 19.1 Å². The summed E-state index contributed by atoms with van der Waals surface area (Å²) in [6.45, 7) is 1.70. The molecule has 0 radical (unpaired) electrons. The largest absolute Gasteiger partial charge is 0.493 e. The van der Waals surface area contributed by atoms with E-state index in [-0.39, 0.29) is 18.0 Å². The predicted octanol–water partition coefficient (Wildman–Crippen LogP) is 3.12. The van der Waals surface area contributed by atoms with E-state index >= 15 is 0 Å². The third-order valence-corrected chi connectivity index (χ3v) is 5.32. The lowest BCUT2D eigenvalue weighted by molar-refractivity contribution is -0.120. The van der Waals surface area contributed by atoms with Crippen molar-refractivity contribution in [3.05, 3.63) is 57.5 Å². The van der Waals surface area contributed by atoms with Crippen molar-refractivity contribution in [2.24, 2.45) is 5.73 Å². The van der Waals surface area contributed by atoms with Crippen LogP contribution in [0, 0.1) is 6.92 Å². The molecule has 2 aromatic carbocycles.